The van der Waals surface area contributed by atoms with Crippen molar-refractivity contribution in [2.45, 2.75) is 45.1 Å². The zero-order valence-electron chi connectivity index (χ0n) is 10.2. The lowest BCUT2D eigenvalue weighted by Crippen LogP contribution is -2.47. The summed E-state index contributed by atoms with van der Waals surface area (Å²) in [7, 11) is 0. The summed E-state index contributed by atoms with van der Waals surface area (Å²) in [5, 5.41) is 12.2. The summed E-state index contributed by atoms with van der Waals surface area (Å²) in [6, 6.07) is 0. The number of carboxylic acids is 1. The first-order chi connectivity index (χ1) is 8.01. The third kappa shape index (κ3) is 2.54. The highest BCUT2D eigenvalue weighted by Crippen LogP contribution is 2.37. The van der Waals surface area contributed by atoms with E-state index in [4.69, 9.17) is 5.11 Å². The molecule has 0 atom stereocenters. The van der Waals surface area contributed by atoms with E-state index in [0.29, 0.717) is 5.82 Å². The van der Waals surface area contributed by atoms with E-state index in [2.05, 4.69) is 15.3 Å². The van der Waals surface area contributed by atoms with Crippen molar-refractivity contribution in [2.75, 3.05) is 5.32 Å². The first-order valence-electron chi connectivity index (χ1n) is 5.81. The Kier molecular flexibility index (Phi) is 3.00. The monoisotopic (exact) mass is 235 g/mol. The summed E-state index contributed by atoms with van der Waals surface area (Å²) in [5.74, 6) is -0.0944. The Labute approximate surface area is 100 Å². The van der Waals surface area contributed by atoms with E-state index in [0.717, 1.165) is 30.7 Å². The van der Waals surface area contributed by atoms with Crippen LogP contribution in [-0.4, -0.2) is 26.6 Å². The van der Waals surface area contributed by atoms with Gasteiger partial charge in [0.2, 0.25) is 0 Å². The highest BCUT2D eigenvalue weighted by molar-refractivity contribution is 5.69. The maximum atomic E-state index is 10.8. The fraction of sp³-hybridized carbons (Fsp3) is 0.583. The van der Waals surface area contributed by atoms with Gasteiger partial charge in [-0.25, -0.2) is 4.98 Å². The van der Waals surface area contributed by atoms with Crippen LogP contribution >= 0.6 is 0 Å². The van der Waals surface area contributed by atoms with Gasteiger partial charge in [-0.1, -0.05) is 0 Å². The van der Waals surface area contributed by atoms with Crippen molar-refractivity contribution in [3.8, 4) is 0 Å². The minimum atomic E-state index is -0.769. The van der Waals surface area contributed by atoms with Crippen LogP contribution < -0.4 is 5.32 Å². The van der Waals surface area contributed by atoms with E-state index in [9.17, 15) is 4.79 Å². The first-order valence-corrected chi connectivity index (χ1v) is 5.81. The smallest absolute Gasteiger partial charge is 0.305 e. The van der Waals surface area contributed by atoms with Crippen LogP contribution in [0, 0.1) is 13.8 Å². The third-order valence-corrected chi connectivity index (χ3v) is 3.39. The second kappa shape index (κ2) is 4.31. The molecular formula is C12H17N3O2. The Hall–Kier alpha value is -1.65. The highest BCUT2D eigenvalue weighted by Gasteiger charge is 2.39. The van der Waals surface area contributed by atoms with Gasteiger partial charge in [-0.05, 0) is 33.1 Å². The van der Waals surface area contributed by atoms with Gasteiger partial charge in [0.25, 0.3) is 0 Å². The van der Waals surface area contributed by atoms with Gasteiger partial charge in [-0.3, -0.25) is 9.78 Å². The molecular weight excluding hydrogens is 218 g/mol. The van der Waals surface area contributed by atoms with E-state index in [1.54, 1.807) is 6.20 Å². The molecule has 5 nitrogen and oxygen atoms in total. The summed E-state index contributed by atoms with van der Waals surface area (Å²) in [4.78, 5) is 19.5. The van der Waals surface area contributed by atoms with Crippen molar-refractivity contribution < 1.29 is 9.90 Å². The quantitative estimate of drug-likeness (QED) is 0.833. The maximum absolute atomic E-state index is 10.8. The predicted octanol–water partition coefficient (Wildman–Crippen LogP) is 1.90. The zero-order valence-corrected chi connectivity index (χ0v) is 10.2. The number of hydrogen-bond acceptors (Lipinski definition) is 4. The van der Waals surface area contributed by atoms with Gasteiger partial charge < -0.3 is 10.4 Å². The fourth-order valence-electron chi connectivity index (χ4n) is 2.11. The Bertz CT molecular complexity index is 441. The van der Waals surface area contributed by atoms with Crippen molar-refractivity contribution in [1.29, 1.82) is 0 Å². The molecule has 0 unspecified atom stereocenters. The molecule has 1 aromatic rings. The molecule has 1 saturated carbocycles. The molecule has 1 aromatic heterocycles. The van der Waals surface area contributed by atoms with E-state index in [-0.39, 0.29) is 12.0 Å². The van der Waals surface area contributed by atoms with E-state index in [1.807, 2.05) is 13.8 Å². The minimum absolute atomic E-state index is 0.140. The molecule has 0 radical (unpaired) electrons. The average molecular weight is 235 g/mol. The van der Waals surface area contributed by atoms with Gasteiger partial charge in [0, 0.05) is 5.54 Å². The van der Waals surface area contributed by atoms with Gasteiger partial charge in [0.15, 0.2) is 0 Å². The van der Waals surface area contributed by atoms with Crippen molar-refractivity contribution in [3.05, 3.63) is 17.6 Å². The number of rotatable bonds is 4. The van der Waals surface area contributed by atoms with Crippen LogP contribution in [-0.2, 0) is 4.79 Å². The molecule has 1 aliphatic carbocycles. The molecule has 1 heterocycles. The Morgan fingerprint density at radius 3 is 2.65 bits per heavy atom. The van der Waals surface area contributed by atoms with Crippen LogP contribution in [0.5, 0.6) is 0 Å². The number of aryl methyl sites for hydroxylation is 2. The Balaban J connectivity index is 2.13. The SMILES string of the molecule is Cc1ncc(NC2(CC(=O)O)CCC2)nc1C. The third-order valence-electron chi connectivity index (χ3n) is 3.39. The molecule has 0 bridgehead atoms. The molecule has 0 saturated heterocycles. The van der Waals surface area contributed by atoms with Crippen LogP contribution in [0.2, 0.25) is 0 Å². The number of nitrogens with zero attached hydrogens (tertiary/aromatic N) is 2. The molecule has 0 aliphatic heterocycles. The van der Waals surface area contributed by atoms with E-state index in [1.165, 1.54) is 0 Å². The summed E-state index contributed by atoms with van der Waals surface area (Å²) >= 11 is 0. The van der Waals surface area contributed by atoms with Crippen molar-refractivity contribution in [2.24, 2.45) is 0 Å². The summed E-state index contributed by atoms with van der Waals surface area (Å²) in [6.07, 6.45) is 4.65. The number of hydrogen-bond donors (Lipinski definition) is 2. The topological polar surface area (TPSA) is 75.1 Å². The first kappa shape index (κ1) is 11.8. The molecule has 0 aromatic carbocycles. The number of aliphatic carboxylic acids is 1. The lowest BCUT2D eigenvalue weighted by atomic mass is 9.74. The maximum Gasteiger partial charge on any atom is 0.305 e. The molecule has 0 amide bonds. The Morgan fingerprint density at radius 1 is 1.47 bits per heavy atom. The molecule has 1 aliphatic rings. The van der Waals surface area contributed by atoms with Crippen molar-refractivity contribution >= 4 is 11.8 Å². The second-order valence-electron chi connectivity index (χ2n) is 4.76. The second-order valence-corrected chi connectivity index (χ2v) is 4.76. The van der Waals surface area contributed by atoms with Gasteiger partial charge in [-0.2, -0.15) is 0 Å². The number of carbonyl (C=O) groups is 1. The van der Waals surface area contributed by atoms with Crippen LogP contribution in [0.4, 0.5) is 5.82 Å². The minimum Gasteiger partial charge on any atom is -0.481 e. The Morgan fingerprint density at radius 2 is 2.18 bits per heavy atom. The van der Waals surface area contributed by atoms with Crippen molar-refractivity contribution in [3.63, 3.8) is 0 Å². The molecule has 2 N–H and O–H groups in total. The summed E-state index contributed by atoms with van der Waals surface area (Å²) in [5.41, 5.74) is 1.46. The van der Waals surface area contributed by atoms with Crippen molar-refractivity contribution in [1.82, 2.24) is 9.97 Å². The molecule has 5 heteroatoms. The van der Waals surface area contributed by atoms with Crippen LogP contribution in [0.15, 0.2) is 6.20 Å². The van der Waals surface area contributed by atoms with Gasteiger partial charge in [0.05, 0.1) is 24.0 Å². The van der Waals surface area contributed by atoms with Gasteiger partial charge in [-0.15, -0.1) is 0 Å². The van der Waals surface area contributed by atoms with E-state index >= 15 is 0 Å². The number of nitrogens with one attached hydrogen (secondary N) is 1. The largest absolute Gasteiger partial charge is 0.481 e. The summed E-state index contributed by atoms with van der Waals surface area (Å²) < 4.78 is 0. The molecule has 0 spiro atoms. The standard InChI is InChI=1S/C12H17N3O2/c1-8-9(2)14-10(7-13-8)15-12(4-3-5-12)6-11(16)17/h7H,3-6H2,1-2H3,(H,14,15)(H,16,17). The fourth-order valence-corrected chi connectivity index (χ4v) is 2.11. The number of aromatic nitrogens is 2. The van der Waals surface area contributed by atoms with Crippen LogP contribution in [0.25, 0.3) is 0 Å². The molecule has 2 rings (SSSR count). The van der Waals surface area contributed by atoms with Gasteiger partial charge in [0.1, 0.15) is 5.82 Å². The predicted molar refractivity (Wildman–Crippen MR) is 64.0 cm³/mol. The lowest BCUT2D eigenvalue weighted by Gasteiger charge is -2.41. The van der Waals surface area contributed by atoms with Gasteiger partial charge >= 0.3 is 5.97 Å². The molecule has 92 valence electrons. The molecule has 1 fully saturated rings. The zero-order chi connectivity index (χ0) is 12.5. The lowest BCUT2D eigenvalue weighted by molar-refractivity contribution is -0.138. The highest BCUT2D eigenvalue weighted by atomic mass is 16.4. The summed E-state index contributed by atoms with van der Waals surface area (Å²) in [6.45, 7) is 3.81. The normalized spacial score (nSPS) is 17.3. The van der Waals surface area contributed by atoms with Crippen LogP contribution in [0.1, 0.15) is 37.1 Å². The van der Waals surface area contributed by atoms with E-state index < -0.39 is 5.97 Å². The number of anilines is 1. The average Bonchev–Trinajstić information content (AvgIpc) is 2.19. The van der Waals surface area contributed by atoms with Crippen LogP contribution in [0.3, 0.4) is 0 Å². The number of carboxylic acid groups (broad SMARTS) is 1. The molecule has 17 heavy (non-hydrogen) atoms.